The molecule has 2 aliphatic heterocycles. The van der Waals surface area contributed by atoms with Gasteiger partial charge in [0.1, 0.15) is 38.5 Å². The molecule has 0 fully saturated rings. The third kappa shape index (κ3) is 4.63. The highest BCUT2D eigenvalue weighted by molar-refractivity contribution is 7.06. The van der Waals surface area contributed by atoms with E-state index in [1.165, 1.54) is 131 Å². The van der Waals surface area contributed by atoms with Crippen molar-refractivity contribution in [1.29, 1.82) is 0 Å². The first-order chi connectivity index (χ1) is 32.7. The topological polar surface area (TPSA) is 26.3 Å². The maximum absolute atomic E-state index is 7.07. The molecule has 0 saturated carbocycles. The average Bonchev–Trinajstić information content (AvgIpc) is 4.13. The van der Waals surface area contributed by atoms with Crippen molar-refractivity contribution in [1.82, 2.24) is 0 Å². The number of hydrogen-bond donors (Lipinski definition) is 0. The highest BCUT2D eigenvalue weighted by Gasteiger charge is 2.47. The van der Waals surface area contributed by atoms with E-state index in [0.717, 1.165) is 22.3 Å². The fourth-order valence-electron chi connectivity index (χ4n) is 13.9. The van der Waals surface area contributed by atoms with Gasteiger partial charge in [0, 0.05) is 43.5 Å². The summed E-state index contributed by atoms with van der Waals surface area (Å²) in [6, 6.07) is 60.1. The Morgan fingerprint density at radius 1 is 0.338 bits per heavy atom. The fraction of sp³-hybridized carbons (Fsp3) is 0.156. The highest BCUT2D eigenvalue weighted by Crippen LogP contribution is 2.53. The summed E-state index contributed by atoms with van der Waals surface area (Å²) in [6.45, 7) is 19.9. The third-order valence-electron chi connectivity index (χ3n) is 17.5. The van der Waals surface area contributed by atoms with Gasteiger partial charge in [-0.05, 0) is 123 Å². The summed E-state index contributed by atoms with van der Waals surface area (Å²) >= 11 is 0. The van der Waals surface area contributed by atoms with E-state index in [9.17, 15) is 0 Å². The number of fused-ring (bicyclic) bond motifs is 20. The minimum Gasteiger partial charge on any atom is -0.455 e. The van der Waals surface area contributed by atoms with Gasteiger partial charge in [0.05, 0.1) is 0 Å². The van der Waals surface area contributed by atoms with Gasteiger partial charge in [0.15, 0.2) is 0 Å². The van der Waals surface area contributed by atoms with E-state index in [1.807, 2.05) is 0 Å². The molecule has 4 aliphatic rings. The van der Waals surface area contributed by atoms with E-state index >= 15 is 0 Å². The molecule has 0 bridgehead atoms. The van der Waals surface area contributed by atoms with Crippen LogP contribution in [0.1, 0.15) is 49.9 Å². The summed E-state index contributed by atoms with van der Waals surface area (Å²) in [5.74, 6) is 0. The number of para-hydroxylation sites is 2. The molecule has 326 valence electrons. The van der Waals surface area contributed by atoms with Gasteiger partial charge >= 0.3 is 0 Å². The SMILES string of the molecule is CC1(C)c2ccccc2-c2ccc(-c3cc4c(c5c3oc3ccccc35)-c3cc5c(cc3[Si]4(C)C)-c3c(cc(-c4ccc6c(c4)C(C)(C)c4ccccc4-6)c4oc6ccccc6c34)[Si]5(C)C)cc21. The Hall–Kier alpha value is -6.99. The van der Waals surface area contributed by atoms with Crippen LogP contribution in [-0.2, 0) is 10.8 Å². The van der Waals surface area contributed by atoms with Crippen LogP contribution in [0.4, 0.5) is 0 Å². The molecule has 2 nitrogen and oxygen atoms in total. The number of benzene rings is 9. The molecule has 9 aromatic carbocycles. The lowest BCUT2D eigenvalue weighted by atomic mass is 9.81. The Labute approximate surface area is 398 Å². The normalized spacial score (nSPS) is 16.7. The van der Waals surface area contributed by atoms with Gasteiger partial charge in [0.2, 0.25) is 0 Å². The second kappa shape index (κ2) is 12.6. The Kier molecular flexibility index (Phi) is 7.21. The summed E-state index contributed by atoms with van der Waals surface area (Å²) in [6.07, 6.45) is 0. The van der Waals surface area contributed by atoms with Crippen molar-refractivity contribution in [2.75, 3.05) is 0 Å². The van der Waals surface area contributed by atoms with Crippen LogP contribution in [0.25, 0.3) is 111 Å². The van der Waals surface area contributed by atoms with Gasteiger partial charge in [-0.15, -0.1) is 0 Å². The van der Waals surface area contributed by atoms with E-state index in [2.05, 4.69) is 212 Å². The standard InChI is InChI=1S/C64H50O2Si2/c1-63(2)47-21-13-9-17-37(47)39-27-25-35(29-49(39)63)43-31-55-57(59-41-19-11-15-23-51(41)65-61(43)59)45-33-54-46(34-53(45)67(55,5)6)58-56(68(54,7)8)32-44(62-60(58)42-20-12-16-24-52(42)66-62)36-26-28-40-38-18-10-14-22-48(38)64(3,4)50(40)30-36/h9-34H,1-8H3. The van der Waals surface area contributed by atoms with E-state index in [-0.39, 0.29) is 10.8 Å². The zero-order chi connectivity index (χ0) is 46.0. The molecule has 0 spiro atoms. The quantitative estimate of drug-likeness (QED) is 0.162. The molecular weight excluding hydrogens is 857 g/mol. The van der Waals surface area contributed by atoms with E-state index in [4.69, 9.17) is 8.83 Å². The second-order valence-corrected chi connectivity index (χ2v) is 31.0. The van der Waals surface area contributed by atoms with Crippen LogP contribution in [0.2, 0.25) is 26.2 Å². The maximum Gasteiger partial charge on any atom is 0.143 e. The molecule has 0 amide bonds. The van der Waals surface area contributed by atoms with Gasteiger partial charge < -0.3 is 8.83 Å². The molecule has 15 rings (SSSR count). The van der Waals surface area contributed by atoms with Crippen molar-refractivity contribution >= 4 is 80.8 Å². The largest absolute Gasteiger partial charge is 0.455 e. The maximum atomic E-state index is 7.07. The van der Waals surface area contributed by atoms with E-state index < -0.39 is 16.1 Å². The molecule has 0 N–H and O–H groups in total. The van der Waals surface area contributed by atoms with Crippen LogP contribution in [0.5, 0.6) is 0 Å². The Morgan fingerprint density at radius 2 is 0.706 bits per heavy atom. The molecule has 2 aliphatic carbocycles. The van der Waals surface area contributed by atoms with Crippen molar-refractivity contribution in [3.8, 4) is 66.8 Å². The monoisotopic (exact) mass is 906 g/mol. The summed E-state index contributed by atoms with van der Waals surface area (Å²) in [5, 5.41) is 11.0. The predicted octanol–water partition coefficient (Wildman–Crippen LogP) is 15.0. The Morgan fingerprint density at radius 3 is 1.15 bits per heavy atom. The molecule has 0 saturated heterocycles. The lowest BCUT2D eigenvalue weighted by Gasteiger charge is -2.23. The zero-order valence-electron chi connectivity index (χ0n) is 39.8. The smallest absolute Gasteiger partial charge is 0.143 e. The van der Waals surface area contributed by atoms with Gasteiger partial charge in [-0.25, -0.2) is 0 Å². The van der Waals surface area contributed by atoms with Gasteiger partial charge in [-0.2, -0.15) is 0 Å². The summed E-state index contributed by atoms with van der Waals surface area (Å²) < 4.78 is 14.1. The molecule has 0 radical (unpaired) electrons. The molecule has 2 aromatic heterocycles. The lowest BCUT2D eigenvalue weighted by Crippen LogP contribution is -2.51. The molecule has 4 heteroatoms. The predicted molar refractivity (Wildman–Crippen MR) is 291 cm³/mol. The first-order valence-corrected chi connectivity index (χ1v) is 30.4. The Bertz CT molecular complexity index is 3880. The van der Waals surface area contributed by atoms with Crippen LogP contribution < -0.4 is 20.7 Å². The summed E-state index contributed by atoms with van der Waals surface area (Å²) in [4.78, 5) is 0. The first kappa shape index (κ1) is 39.1. The van der Waals surface area contributed by atoms with Crippen molar-refractivity contribution in [2.45, 2.75) is 64.7 Å². The third-order valence-corrected chi connectivity index (χ3v) is 24.5. The summed E-state index contributed by atoms with van der Waals surface area (Å²) in [7, 11) is -4.61. The lowest BCUT2D eigenvalue weighted by molar-refractivity contribution is 0.660. The van der Waals surface area contributed by atoms with Crippen molar-refractivity contribution in [2.24, 2.45) is 0 Å². The van der Waals surface area contributed by atoms with Crippen molar-refractivity contribution in [3.63, 3.8) is 0 Å². The van der Waals surface area contributed by atoms with Crippen molar-refractivity contribution < 1.29 is 8.83 Å². The van der Waals surface area contributed by atoms with Crippen LogP contribution >= 0.6 is 0 Å². The summed E-state index contributed by atoms with van der Waals surface area (Å²) in [5.41, 5.74) is 25.1. The van der Waals surface area contributed by atoms with E-state index in [1.54, 1.807) is 0 Å². The molecule has 68 heavy (non-hydrogen) atoms. The van der Waals surface area contributed by atoms with Crippen LogP contribution in [0, 0.1) is 0 Å². The van der Waals surface area contributed by atoms with Crippen molar-refractivity contribution in [3.05, 3.63) is 180 Å². The number of furan rings is 2. The first-order valence-electron chi connectivity index (χ1n) is 24.4. The molecule has 0 unspecified atom stereocenters. The molecular formula is C64H50O2Si2. The Balaban J connectivity index is 0.961. The van der Waals surface area contributed by atoms with E-state index in [0.29, 0.717) is 0 Å². The van der Waals surface area contributed by atoms with Gasteiger partial charge in [-0.1, -0.05) is 187 Å². The number of hydrogen-bond acceptors (Lipinski definition) is 2. The molecule has 0 atom stereocenters. The van der Waals surface area contributed by atoms with Gasteiger partial charge in [-0.3, -0.25) is 0 Å². The molecule has 4 heterocycles. The number of rotatable bonds is 2. The van der Waals surface area contributed by atoms with Crippen LogP contribution in [-0.4, -0.2) is 16.1 Å². The van der Waals surface area contributed by atoms with Crippen LogP contribution in [0.15, 0.2) is 167 Å². The second-order valence-electron chi connectivity index (χ2n) is 22.4. The van der Waals surface area contributed by atoms with Crippen LogP contribution in [0.3, 0.4) is 0 Å². The average molecular weight is 907 g/mol. The minimum absolute atomic E-state index is 0.0966. The minimum atomic E-state index is -2.30. The highest BCUT2D eigenvalue weighted by atomic mass is 28.3. The zero-order valence-corrected chi connectivity index (χ0v) is 41.8. The van der Waals surface area contributed by atoms with Gasteiger partial charge in [0.25, 0.3) is 0 Å². The fourth-order valence-corrected chi connectivity index (χ4v) is 20.0. The molecule has 11 aromatic rings.